The van der Waals surface area contributed by atoms with Crippen molar-refractivity contribution in [1.82, 2.24) is 0 Å². The molecule has 0 fully saturated rings. The lowest BCUT2D eigenvalue weighted by molar-refractivity contribution is 0.205. The summed E-state index contributed by atoms with van der Waals surface area (Å²) in [6, 6.07) is 12.0. The Morgan fingerprint density at radius 3 is 1.20 bits per heavy atom. The van der Waals surface area contributed by atoms with Crippen molar-refractivity contribution in [3.05, 3.63) is 36.4 Å². The van der Waals surface area contributed by atoms with E-state index in [-0.39, 0.29) is 0 Å². The maximum atomic E-state index is 8.78. The van der Waals surface area contributed by atoms with E-state index in [1.807, 2.05) is 36.4 Å². The first-order valence-corrected chi connectivity index (χ1v) is 2.72. The number of rotatable bonds is 0. The molecule has 0 heterocycles. The Morgan fingerprint density at radius 1 is 1.00 bits per heavy atom. The fourth-order valence-corrected chi connectivity index (χ4v) is 0.385. The van der Waals surface area contributed by atoms with E-state index in [1.54, 1.807) is 0 Å². The van der Waals surface area contributed by atoms with Crippen LogP contribution in [0.1, 0.15) is 0 Å². The van der Waals surface area contributed by atoms with Crippen molar-refractivity contribution in [2.45, 2.75) is 0 Å². The number of carboxylic acid groups (broad SMARTS) is 1. The van der Waals surface area contributed by atoms with Crippen LogP contribution in [0.25, 0.3) is 0 Å². The molecule has 1 amide bonds. The van der Waals surface area contributed by atoms with Crippen molar-refractivity contribution in [1.29, 1.82) is 0 Å². The first-order chi connectivity index (χ1) is 4.73. The summed E-state index contributed by atoms with van der Waals surface area (Å²) < 4.78 is 0. The smallest absolute Gasteiger partial charge is 0.402 e. The van der Waals surface area contributed by atoms with Crippen LogP contribution < -0.4 is 5.73 Å². The van der Waals surface area contributed by atoms with Gasteiger partial charge in [0.1, 0.15) is 0 Å². The molecule has 0 aliphatic heterocycles. The Morgan fingerprint density at radius 2 is 1.10 bits per heavy atom. The van der Waals surface area contributed by atoms with Crippen LogP contribution in [0.15, 0.2) is 36.4 Å². The van der Waals surface area contributed by atoms with Gasteiger partial charge in [-0.15, -0.1) is 0 Å². The molecule has 0 aliphatic rings. The highest BCUT2D eigenvalue weighted by atomic mass is 16.4. The fourth-order valence-electron chi connectivity index (χ4n) is 0.385. The van der Waals surface area contributed by atoms with E-state index in [0.717, 1.165) is 0 Å². The zero-order valence-electron chi connectivity index (χ0n) is 5.40. The molecule has 3 N–H and O–H groups in total. The summed E-state index contributed by atoms with van der Waals surface area (Å²) in [5.41, 5.74) is 4.03. The Balaban J connectivity index is 0.000000180. The molecule has 0 aromatic heterocycles. The van der Waals surface area contributed by atoms with Crippen LogP contribution in [-0.2, 0) is 0 Å². The van der Waals surface area contributed by atoms with Gasteiger partial charge in [-0.3, -0.25) is 0 Å². The number of carbonyl (C=O) groups is 1. The molecule has 0 unspecified atom stereocenters. The van der Waals surface area contributed by atoms with E-state index < -0.39 is 6.09 Å². The molecule has 0 bridgehead atoms. The lowest BCUT2D eigenvalue weighted by atomic mass is 10.4. The van der Waals surface area contributed by atoms with Crippen molar-refractivity contribution in [2.75, 3.05) is 0 Å². The third-order valence-corrected chi connectivity index (χ3v) is 0.667. The summed E-state index contributed by atoms with van der Waals surface area (Å²) in [6.07, 6.45) is -1.33. The number of primary amides is 1. The molecule has 1 aromatic carbocycles. The zero-order valence-corrected chi connectivity index (χ0v) is 5.40. The second kappa shape index (κ2) is 5.62. The monoisotopic (exact) mass is 139 g/mol. The molecular formula is C7H9NO2. The largest absolute Gasteiger partial charge is 0.465 e. The molecule has 0 atom stereocenters. The summed E-state index contributed by atoms with van der Waals surface area (Å²) in [6.45, 7) is 0. The van der Waals surface area contributed by atoms with Crippen LogP contribution >= 0.6 is 0 Å². The Labute approximate surface area is 59.1 Å². The maximum Gasteiger partial charge on any atom is 0.402 e. The highest BCUT2D eigenvalue weighted by molar-refractivity contribution is 5.61. The quantitative estimate of drug-likeness (QED) is 0.569. The Kier molecular flexibility index (Phi) is 4.77. The van der Waals surface area contributed by atoms with Gasteiger partial charge in [0.15, 0.2) is 0 Å². The highest BCUT2D eigenvalue weighted by Gasteiger charge is 1.65. The first kappa shape index (κ1) is 8.49. The van der Waals surface area contributed by atoms with Gasteiger partial charge < -0.3 is 10.8 Å². The third kappa shape index (κ3) is 9.70. The van der Waals surface area contributed by atoms with Crippen LogP contribution in [-0.4, -0.2) is 11.2 Å². The van der Waals surface area contributed by atoms with E-state index in [2.05, 4.69) is 5.73 Å². The third-order valence-electron chi connectivity index (χ3n) is 0.667. The van der Waals surface area contributed by atoms with Gasteiger partial charge in [-0.1, -0.05) is 36.4 Å². The fraction of sp³-hybridized carbons (Fsp3) is 0. The SMILES string of the molecule is NC(=O)O.c1ccccc1. The summed E-state index contributed by atoms with van der Waals surface area (Å²) >= 11 is 0. The van der Waals surface area contributed by atoms with Gasteiger partial charge in [-0.05, 0) is 0 Å². The van der Waals surface area contributed by atoms with Crippen molar-refractivity contribution >= 4 is 6.09 Å². The van der Waals surface area contributed by atoms with Gasteiger partial charge in [0.2, 0.25) is 0 Å². The van der Waals surface area contributed by atoms with E-state index in [9.17, 15) is 0 Å². The van der Waals surface area contributed by atoms with Crippen LogP contribution in [0.3, 0.4) is 0 Å². The van der Waals surface area contributed by atoms with E-state index in [0.29, 0.717) is 0 Å². The van der Waals surface area contributed by atoms with Gasteiger partial charge >= 0.3 is 6.09 Å². The topological polar surface area (TPSA) is 63.3 Å². The molecule has 3 heteroatoms. The molecule has 0 radical (unpaired) electrons. The Bertz CT molecular complexity index is 144. The van der Waals surface area contributed by atoms with Crippen LogP contribution in [0.2, 0.25) is 0 Å². The number of hydrogen-bond acceptors (Lipinski definition) is 1. The zero-order chi connectivity index (χ0) is 7.82. The van der Waals surface area contributed by atoms with Crippen LogP contribution in [0, 0.1) is 0 Å². The normalized spacial score (nSPS) is 7.20. The predicted molar refractivity (Wildman–Crippen MR) is 38.7 cm³/mol. The lowest BCUT2D eigenvalue weighted by Crippen LogP contribution is -2.03. The number of benzene rings is 1. The second-order valence-electron chi connectivity index (χ2n) is 1.49. The average molecular weight is 139 g/mol. The highest BCUT2D eigenvalue weighted by Crippen LogP contribution is 1.79. The number of nitrogens with two attached hydrogens (primary N) is 1. The van der Waals surface area contributed by atoms with Gasteiger partial charge in [-0.2, -0.15) is 0 Å². The molecule has 0 saturated heterocycles. The number of hydrogen-bond donors (Lipinski definition) is 2. The summed E-state index contributed by atoms with van der Waals surface area (Å²) in [7, 11) is 0. The lowest BCUT2D eigenvalue weighted by Gasteiger charge is -1.69. The Hall–Kier alpha value is -1.51. The molecule has 54 valence electrons. The minimum Gasteiger partial charge on any atom is -0.465 e. The van der Waals surface area contributed by atoms with Crippen molar-refractivity contribution in [3.8, 4) is 0 Å². The molecule has 0 aliphatic carbocycles. The summed E-state index contributed by atoms with van der Waals surface area (Å²) in [4.78, 5) is 8.78. The minimum absolute atomic E-state index is 1.33. The van der Waals surface area contributed by atoms with Crippen molar-refractivity contribution in [3.63, 3.8) is 0 Å². The van der Waals surface area contributed by atoms with E-state index in [1.165, 1.54) is 0 Å². The minimum atomic E-state index is -1.33. The van der Waals surface area contributed by atoms with E-state index >= 15 is 0 Å². The summed E-state index contributed by atoms with van der Waals surface area (Å²) in [5.74, 6) is 0. The van der Waals surface area contributed by atoms with Crippen LogP contribution in [0.5, 0.6) is 0 Å². The molecular weight excluding hydrogens is 130 g/mol. The van der Waals surface area contributed by atoms with E-state index in [4.69, 9.17) is 9.90 Å². The maximum absolute atomic E-state index is 8.78. The average Bonchev–Trinajstić information content (AvgIpc) is 1.90. The molecule has 1 rings (SSSR count). The number of amides is 1. The standard InChI is InChI=1S/C6H6.CH3NO2/c1-2-4-6-5-3-1;2-1(3)4/h1-6H;2H2,(H,3,4). The summed E-state index contributed by atoms with van der Waals surface area (Å²) in [5, 5.41) is 7.19. The molecule has 3 nitrogen and oxygen atoms in total. The molecule has 0 saturated carbocycles. The molecule has 0 spiro atoms. The van der Waals surface area contributed by atoms with Gasteiger partial charge in [0.25, 0.3) is 0 Å². The van der Waals surface area contributed by atoms with Gasteiger partial charge in [0.05, 0.1) is 0 Å². The first-order valence-electron chi connectivity index (χ1n) is 2.72. The van der Waals surface area contributed by atoms with Crippen LogP contribution in [0.4, 0.5) is 4.79 Å². The van der Waals surface area contributed by atoms with Gasteiger partial charge in [-0.25, -0.2) is 4.79 Å². The molecule has 10 heavy (non-hydrogen) atoms. The predicted octanol–water partition coefficient (Wildman–Crippen LogP) is 1.31. The van der Waals surface area contributed by atoms with Crippen molar-refractivity contribution in [2.24, 2.45) is 5.73 Å². The molecule has 1 aromatic rings. The second-order valence-corrected chi connectivity index (χ2v) is 1.49. The van der Waals surface area contributed by atoms with Crippen molar-refractivity contribution < 1.29 is 9.90 Å². The van der Waals surface area contributed by atoms with Gasteiger partial charge in [0, 0.05) is 0 Å².